The van der Waals surface area contributed by atoms with E-state index in [2.05, 4.69) is 158 Å². The first-order valence-electron chi connectivity index (χ1n) is 17.1. The van der Waals surface area contributed by atoms with Crippen molar-refractivity contribution in [3.63, 3.8) is 0 Å². The van der Waals surface area contributed by atoms with Gasteiger partial charge >= 0.3 is 0 Å². The first kappa shape index (κ1) is 27.3. The molecule has 2 aromatic heterocycles. The van der Waals surface area contributed by atoms with Crippen LogP contribution in [0.3, 0.4) is 0 Å². The summed E-state index contributed by atoms with van der Waals surface area (Å²) in [5.41, 5.74) is 10.8. The molecule has 0 aliphatic rings. The molecule has 0 atom stereocenters. The largest absolute Gasteiger partial charge is 0.456 e. The van der Waals surface area contributed by atoms with E-state index in [0.29, 0.717) is 0 Å². The second-order valence-electron chi connectivity index (χ2n) is 13.1. The quantitative estimate of drug-likeness (QED) is 0.180. The molecular weight excluding hydrogens is 609 g/mol. The fourth-order valence-electron chi connectivity index (χ4n) is 8.37. The van der Waals surface area contributed by atoms with Crippen LogP contribution < -0.4 is 0 Å². The molecule has 50 heavy (non-hydrogen) atoms. The lowest BCUT2D eigenvalue weighted by atomic mass is 9.84. The molecular formula is C48H28O2. The molecule has 0 aliphatic heterocycles. The molecule has 0 fully saturated rings. The summed E-state index contributed by atoms with van der Waals surface area (Å²) >= 11 is 0. The van der Waals surface area contributed by atoms with Crippen molar-refractivity contribution in [2.75, 3.05) is 0 Å². The van der Waals surface area contributed by atoms with Crippen LogP contribution in [0.5, 0.6) is 0 Å². The van der Waals surface area contributed by atoms with Gasteiger partial charge in [0, 0.05) is 21.5 Å². The van der Waals surface area contributed by atoms with Gasteiger partial charge in [-0.25, -0.2) is 0 Å². The van der Waals surface area contributed by atoms with Gasteiger partial charge in [0.1, 0.15) is 22.3 Å². The number of fused-ring (bicyclic) bond motifs is 9. The van der Waals surface area contributed by atoms with Crippen LogP contribution in [0.4, 0.5) is 0 Å². The van der Waals surface area contributed by atoms with E-state index < -0.39 is 0 Å². The van der Waals surface area contributed by atoms with Crippen LogP contribution in [0.15, 0.2) is 179 Å². The van der Waals surface area contributed by atoms with E-state index in [9.17, 15) is 0 Å². The monoisotopic (exact) mass is 636 g/mol. The van der Waals surface area contributed by atoms with Crippen LogP contribution in [0.1, 0.15) is 0 Å². The Kier molecular flexibility index (Phi) is 5.70. The SMILES string of the molecule is c1ccc2c(-c3c4cccc(-c5cccc6oc7ccccc7c56)c4cc4c(-c5cccc6oc7ccccc7c56)cccc34)cccc2c1. The van der Waals surface area contributed by atoms with Gasteiger partial charge in [-0.3, -0.25) is 0 Å². The number of hydrogen-bond acceptors (Lipinski definition) is 2. The van der Waals surface area contributed by atoms with Crippen molar-refractivity contribution in [1.29, 1.82) is 0 Å². The van der Waals surface area contributed by atoms with Gasteiger partial charge in [0.2, 0.25) is 0 Å². The molecule has 0 N–H and O–H groups in total. The van der Waals surface area contributed by atoms with Gasteiger partial charge in [0.15, 0.2) is 0 Å². The van der Waals surface area contributed by atoms with E-state index in [1.54, 1.807) is 0 Å². The van der Waals surface area contributed by atoms with Gasteiger partial charge in [-0.1, -0.05) is 140 Å². The molecule has 232 valence electrons. The predicted molar refractivity (Wildman–Crippen MR) is 210 cm³/mol. The molecule has 2 nitrogen and oxygen atoms in total. The summed E-state index contributed by atoms with van der Waals surface area (Å²) in [5, 5.41) is 11.9. The summed E-state index contributed by atoms with van der Waals surface area (Å²) in [6, 6.07) is 60.9. The molecule has 9 aromatic carbocycles. The molecule has 0 bridgehead atoms. The highest BCUT2D eigenvalue weighted by atomic mass is 16.3. The second kappa shape index (κ2) is 10.4. The third kappa shape index (κ3) is 3.85. The van der Waals surface area contributed by atoms with E-state index in [1.165, 1.54) is 65.7 Å². The Labute approximate surface area is 287 Å². The lowest BCUT2D eigenvalue weighted by molar-refractivity contribution is 0.668. The minimum atomic E-state index is 0.898. The standard InChI is InChI=1S/C48H28O2/c1-2-14-30-29(12-1)13-7-19-33(30)46-36-20-8-17-31(34-22-10-26-44-47(34)38-15-3-5-24-42(38)49-44)40(36)28-41-32(18-9-21-37(41)46)35-23-11-27-45-48(35)39-16-4-6-25-43(39)50-45/h1-28H. The molecule has 0 radical (unpaired) electrons. The van der Waals surface area contributed by atoms with Gasteiger partial charge in [-0.2, -0.15) is 0 Å². The summed E-state index contributed by atoms with van der Waals surface area (Å²) in [4.78, 5) is 0. The van der Waals surface area contributed by atoms with E-state index in [4.69, 9.17) is 8.83 Å². The Morgan fingerprint density at radius 3 is 1.26 bits per heavy atom. The summed E-state index contributed by atoms with van der Waals surface area (Å²) in [5.74, 6) is 0. The molecule has 0 aliphatic carbocycles. The van der Waals surface area contributed by atoms with Crippen molar-refractivity contribution in [3.8, 4) is 33.4 Å². The van der Waals surface area contributed by atoms with Gasteiger partial charge in [0.25, 0.3) is 0 Å². The van der Waals surface area contributed by atoms with Crippen LogP contribution in [-0.2, 0) is 0 Å². The van der Waals surface area contributed by atoms with E-state index in [1.807, 2.05) is 12.1 Å². The number of rotatable bonds is 3. The van der Waals surface area contributed by atoms with E-state index in [-0.39, 0.29) is 0 Å². The van der Waals surface area contributed by atoms with Crippen LogP contribution in [0.2, 0.25) is 0 Å². The Morgan fingerprint density at radius 1 is 0.260 bits per heavy atom. The molecule has 0 spiro atoms. The Balaban J connectivity index is 1.32. The van der Waals surface area contributed by atoms with Crippen molar-refractivity contribution in [1.82, 2.24) is 0 Å². The number of furan rings is 2. The summed E-state index contributed by atoms with van der Waals surface area (Å²) in [6.07, 6.45) is 0. The minimum absolute atomic E-state index is 0.898. The van der Waals surface area contributed by atoms with Crippen LogP contribution in [0, 0.1) is 0 Å². The zero-order valence-electron chi connectivity index (χ0n) is 27.0. The van der Waals surface area contributed by atoms with Crippen molar-refractivity contribution in [2.24, 2.45) is 0 Å². The average Bonchev–Trinajstić information content (AvgIpc) is 3.75. The minimum Gasteiger partial charge on any atom is -0.456 e. The van der Waals surface area contributed by atoms with Gasteiger partial charge in [-0.15, -0.1) is 0 Å². The highest BCUT2D eigenvalue weighted by Crippen LogP contribution is 2.47. The third-order valence-electron chi connectivity index (χ3n) is 10.5. The first-order valence-corrected chi connectivity index (χ1v) is 17.1. The fraction of sp³-hybridized carbons (Fsp3) is 0. The highest BCUT2D eigenvalue weighted by Gasteiger charge is 2.21. The molecule has 2 heteroatoms. The van der Waals surface area contributed by atoms with Crippen molar-refractivity contribution >= 4 is 76.2 Å². The van der Waals surface area contributed by atoms with E-state index in [0.717, 1.165) is 43.9 Å². The maximum atomic E-state index is 6.37. The van der Waals surface area contributed by atoms with Crippen LogP contribution in [0.25, 0.3) is 110 Å². The van der Waals surface area contributed by atoms with Crippen molar-refractivity contribution in [3.05, 3.63) is 170 Å². The highest BCUT2D eigenvalue weighted by molar-refractivity contribution is 6.25. The average molecular weight is 637 g/mol. The van der Waals surface area contributed by atoms with E-state index >= 15 is 0 Å². The Bertz CT molecular complexity index is 2980. The predicted octanol–water partition coefficient (Wildman–Crippen LogP) is 13.9. The topological polar surface area (TPSA) is 26.3 Å². The molecule has 0 unspecified atom stereocenters. The summed E-state index contributed by atoms with van der Waals surface area (Å²) in [7, 11) is 0. The van der Waals surface area contributed by atoms with Gasteiger partial charge < -0.3 is 8.83 Å². The fourth-order valence-corrected chi connectivity index (χ4v) is 8.37. The number of hydrogen-bond donors (Lipinski definition) is 0. The lowest BCUT2D eigenvalue weighted by Gasteiger charge is -2.19. The number of para-hydroxylation sites is 2. The molecule has 0 amide bonds. The smallest absolute Gasteiger partial charge is 0.136 e. The summed E-state index contributed by atoms with van der Waals surface area (Å²) in [6.45, 7) is 0. The molecule has 0 saturated carbocycles. The van der Waals surface area contributed by atoms with Crippen LogP contribution in [-0.4, -0.2) is 0 Å². The summed E-state index contributed by atoms with van der Waals surface area (Å²) < 4.78 is 12.7. The van der Waals surface area contributed by atoms with Crippen LogP contribution >= 0.6 is 0 Å². The molecule has 11 rings (SSSR count). The lowest BCUT2D eigenvalue weighted by Crippen LogP contribution is -1.92. The maximum absolute atomic E-state index is 6.37. The zero-order valence-corrected chi connectivity index (χ0v) is 27.0. The molecule has 0 saturated heterocycles. The number of benzene rings is 9. The Hall–Kier alpha value is -6.64. The van der Waals surface area contributed by atoms with Gasteiger partial charge in [0.05, 0.1) is 0 Å². The molecule has 11 aromatic rings. The van der Waals surface area contributed by atoms with Crippen molar-refractivity contribution in [2.45, 2.75) is 0 Å². The molecule has 2 heterocycles. The van der Waals surface area contributed by atoms with Crippen molar-refractivity contribution < 1.29 is 8.83 Å². The normalized spacial score (nSPS) is 12.0. The second-order valence-corrected chi connectivity index (χ2v) is 13.1. The third-order valence-corrected chi connectivity index (χ3v) is 10.5. The van der Waals surface area contributed by atoms with Gasteiger partial charge in [-0.05, 0) is 96.0 Å². The first-order chi connectivity index (χ1) is 24.8. The Morgan fingerprint density at radius 2 is 0.660 bits per heavy atom. The zero-order chi connectivity index (χ0) is 32.8. The maximum Gasteiger partial charge on any atom is 0.136 e.